The van der Waals surface area contributed by atoms with Crippen molar-refractivity contribution in [1.82, 2.24) is 20.1 Å². The standard InChI is InChI=1S/C17H19N5O/c1-2-16-20-17(21-23-16)12-6-5-9-22(11-12)15-10-18-13-7-3-4-8-14(13)19-15/h3-4,7-8,10,12H,2,5-6,9,11H2,1H3. The van der Waals surface area contributed by atoms with E-state index in [0.29, 0.717) is 11.8 Å². The van der Waals surface area contributed by atoms with Gasteiger partial charge in [-0.1, -0.05) is 24.2 Å². The summed E-state index contributed by atoms with van der Waals surface area (Å²) in [5.41, 5.74) is 1.86. The first kappa shape index (κ1) is 14.1. The summed E-state index contributed by atoms with van der Waals surface area (Å²) in [6, 6.07) is 7.96. The molecule has 6 heteroatoms. The molecule has 1 unspecified atom stereocenters. The van der Waals surface area contributed by atoms with Crippen LogP contribution in [0.4, 0.5) is 5.82 Å². The zero-order valence-corrected chi connectivity index (χ0v) is 13.1. The first-order valence-corrected chi connectivity index (χ1v) is 8.12. The summed E-state index contributed by atoms with van der Waals surface area (Å²) in [4.78, 5) is 16.0. The molecule has 0 aliphatic carbocycles. The first-order chi connectivity index (χ1) is 11.3. The molecule has 0 radical (unpaired) electrons. The average molecular weight is 309 g/mol. The molecule has 4 rings (SSSR count). The van der Waals surface area contributed by atoms with Crippen LogP contribution in [0.1, 0.15) is 37.4 Å². The van der Waals surface area contributed by atoms with Gasteiger partial charge in [-0.25, -0.2) is 4.98 Å². The van der Waals surface area contributed by atoms with Gasteiger partial charge in [0, 0.05) is 25.4 Å². The highest BCUT2D eigenvalue weighted by Crippen LogP contribution is 2.28. The van der Waals surface area contributed by atoms with Gasteiger partial charge in [0.25, 0.3) is 0 Å². The molecular formula is C17H19N5O. The number of anilines is 1. The number of rotatable bonds is 3. The van der Waals surface area contributed by atoms with Crippen LogP contribution < -0.4 is 4.90 Å². The van der Waals surface area contributed by atoms with Gasteiger partial charge in [-0.15, -0.1) is 0 Å². The number of nitrogens with zero attached hydrogens (tertiary/aromatic N) is 5. The summed E-state index contributed by atoms with van der Waals surface area (Å²) in [7, 11) is 0. The van der Waals surface area contributed by atoms with Gasteiger partial charge >= 0.3 is 0 Å². The van der Waals surface area contributed by atoms with Crippen LogP contribution in [-0.4, -0.2) is 33.2 Å². The smallest absolute Gasteiger partial charge is 0.226 e. The highest BCUT2D eigenvalue weighted by Gasteiger charge is 2.26. The molecule has 0 saturated carbocycles. The van der Waals surface area contributed by atoms with Crippen molar-refractivity contribution in [2.45, 2.75) is 32.1 Å². The van der Waals surface area contributed by atoms with Crippen LogP contribution in [-0.2, 0) is 6.42 Å². The minimum Gasteiger partial charge on any atom is -0.355 e. The van der Waals surface area contributed by atoms with Crippen LogP contribution in [0.2, 0.25) is 0 Å². The number of fused-ring (bicyclic) bond motifs is 1. The van der Waals surface area contributed by atoms with Crippen LogP contribution >= 0.6 is 0 Å². The summed E-state index contributed by atoms with van der Waals surface area (Å²) in [6.45, 7) is 3.87. The molecule has 1 atom stereocenters. The van der Waals surface area contributed by atoms with Crippen molar-refractivity contribution in [2.75, 3.05) is 18.0 Å². The van der Waals surface area contributed by atoms with Crippen molar-refractivity contribution in [2.24, 2.45) is 0 Å². The Balaban J connectivity index is 1.58. The monoisotopic (exact) mass is 309 g/mol. The molecule has 3 aromatic rings. The van der Waals surface area contributed by atoms with E-state index in [2.05, 4.69) is 20.0 Å². The normalized spacial score (nSPS) is 18.5. The zero-order valence-electron chi connectivity index (χ0n) is 13.1. The third-order valence-corrected chi connectivity index (χ3v) is 4.33. The average Bonchev–Trinajstić information content (AvgIpc) is 3.11. The number of piperidine rings is 1. The summed E-state index contributed by atoms with van der Waals surface area (Å²) < 4.78 is 5.26. The van der Waals surface area contributed by atoms with E-state index in [1.807, 2.05) is 37.4 Å². The van der Waals surface area contributed by atoms with Crippen LogP contribution in [0.3, 0.4) is 0 Å². The van der Waals surface area contributed by atoms with E-state index in [0.717, 1.165) is 55.0 Å². The first-order valence-electron chi connectivity index (χ1n) is 8.12. The van der Waals surface area contributed by atoms with Gasteiger partial charge in [0.05, 0.1) is 17.2 Å². The lowest BCUT2D eigenvalue weighted by Gasteiger charge is -2.32. The second-order valence-electron chi connectivity index (χ2n) is 5.90. The molecule has 0 amide bonds. The fourth-order valence-corrected chi connectivity index (χ4v) is 3.07. The molecule has 1 aliphatic rings. The van der Waals surface area contributed by atoms with E-state index >= 15 is 0 Å². The number of benzene rings is 1. The number of hydrogen-bond acceptors (Lipinski definition) is 6. The Hall–Kier alpha value is -2.50. The second kappa shape index (κ2) is 5.95. The van der Waals surface area contributed by atoms with Crippen LogP contribution in [0.15, 0.2) is 35.0 Å². The highest BCUT2D eigenvalue weighted by molar-refractivity contribution is 5.75. The number of para-hydroxylation sites is 2. The van der Waals surface area contributed by atoms with Gasteiger partial charge < -0.3 is 9.42 Å². The Morgan fingerprint density at radius 3 is 2.91 bits per heavy atom. The zero-order chi connectivity index (χ0) is 15.6. The van der Waals surface area contributed by atoms with E-state index in [4.69, 9.17) is 9.51 Å². The summed E-state index contributed by atoms with van der Waals surface area (Å²) in [5.74, 6) is 2.75. The lowest BCUT2D eigenvalue weighted by molar-refractivity contribution is 0.368. The van der Waals surface area contributed by atoms with Crippen molar-refractivity contribution in [3.05, 3.63) is 42.2 Å². The van der Waals surface area contributed by atoms with Crippen molar-refractivity contribution in [1.29, 1.82) is 0 Å². The van der Waals surface area contributed by atoms with Crippen molar-refractivity contribution >= 4 is 16.9 Å². The number of hydrogen-bond donors (Lipinski definition) is 0. The lowest BCUT2D eigenvalue weighted by atomic mass is 9.97. The summed E-state index contributed by atoms with van der Waals surface area (Å²) in [5, 5.41) is 4.14. The Labute approximate surface area is 134 Å². The lowest BCUT2D eigenvalue weighted by Crippen LogP contribution is -2.35. The Morgan fingerprint density at radius 1 is 1.22 bits per heavy atom. The Kier molecular flexibility index (Phi) is 3.65. The molecule has 1 aliphatic heterocycles. The van der Waals surface area contributed by atoms with Gasteiger partial charge in [0.15, 0.2) is 5.82 Å². The molecule has 0 bridgehead atoms. The predicted octanol–water partition coefficient (Wildman–Crippen LogP) is 2.96. The van der Waals surface area contributed by atoms with Gasteiger partial charge in [0.1, 0.15) is 5.82 Å². The van der Waals surface area contributed by atoms with Crippen LogP contribution in [0.25, 0.3) is 11.0 Å². The number of aryl methyl sites for hydroxylation is 1. The van der Waals surface area contributed by atoms with Gasteiger partial charge in [-0.05, 0) is 25.0 Å². The quantitative estimate of drug-likeness (QED) is 0.741. The van der Waals surface area contributed by atoms with Gasteiger partial charge in [0.2, 0.25) is 5.89 Å². The molecule has 23 heavy (non-hydrogen) atoms. The minimum absolute atomic E-state index is 0.293. The SMILES string of the molecule is CCc1nc(C2CCCN(c3cnc4ccccc4n3)C2)no1. The molecule has 2 aromatic heterocycles. The van der Waals surface area contributed by atoms with E-state index < -0.39 is 0 Å². The fraction of sp³-hybridized carbons (Fsp3) is 0.412. The fourth-order valence-electron chi connectivity index (χ4n) is 3.07. The van der Waals surface area contributed by atoms with Crippen molar-refractivity contribution in [3.63, 3.8) is 0 Å². The molecule has 3 heterocycles. The van der Waals surface area contributed by atoms with Gasteiger partial charge in [-0.3, -0.25) is 4.98 Å². The van der Waals surface area contributed by atoms with Crippen LogP contribution in [0, 0.1) is 0 Å². The second-order valence-corrected chi connectivity index (χ2v) is 5.90. The summed E-state index contributed by atoms with van der Waals surface area (Å²) >= 11 is 0. The van der Waals surface area contributed by atoms with E-state index in [1.165, 1.54) is 0 Å². The predicted molar refractivity (Wildman–Crippen MR) is 87.4 cm³/mol. The molecule has 118 valence electrons. The molecule has 0 spiro atoms. The third-order valence-electron chi connectivity index (χ3n) is 4.33. The van der Waals surface area contributed by atoms with E-state index in [-0.39, 0.29) is 0 Å². The molecule has 6 nitrogen and oxygen atoms in total. The van der Waals surface area contributed by atoms with E-state index in [1.54, 1.807) is 0 Å². The summed E-state index contributed by atoms with van der Waals surface area (Å²) in [6.07, 6.45) is 4.81. The van der Waals surface area contributed by atoms with Gasteiger partial charge in [-0.2, -0.15) is 4.98 Å². The number of aromatic nitrogens is 4. The van der Waals surface area contributed by atoms with Crippen molar-refractivity contribution in [3.8, 4) is 0 Å². The molecule has 0 N–H and O–H groups in total. The largest absolute Gasteiger partial charge is 0.355 e. The van der Waals surface area contributed by atoms with E-state index in [9.17, 15) is 0 Å². The highest BCUT2D eigenvalue weighted by atomic mass is 16.5. The molecule has 1 saturated heterocycles. The van der Waals surface area contributed by atoms with Crippen molar-refractivity contribution < 1.29 is 4.52 Å². The van der Waals surface area contributed by atoms with Crippen LogP contribution in [0.5, 0.6) is 0 Å². The molecule has 1 fully saturated rings. The maximum Gasteiger partial charge on any atom is 0.226 e. The molecular weight excluding hydrogens is 290 g/mol. The topological polar surface area (TPSA) is 67.9 Å². The minimum atomic E-state index is 0.293. The maximum atomic E-state index is 5.26. The molecule has 1 aromatic carbocycles. The Bertz CT molecular complexity index is 815. The maximum absolute atomic E-state index is 5.26. The third kappa shape index (κ3) is 2.76. The Morgan fingerprint density at radius 2 is 2.09 bits per heavy atom.